The summed E-state index contributed by atoms with van der Waals surface area (Å²) in [6.07, 6.45) is 12.6. The number of hydrogen-bond donors (Lipinski definition) is 0. The summed E-state index contributed by atoms with van der Waals surface area (Å²) in [5, 5.41) is 0. The molecule has 0 radical (unpaired) electrons. The average molecular weight is 403 g/mol. The summed E-state index contributed by atoms with van der Waals surface area (Å²) in [7, 11) is 0. The van der Waals surface area contributed by atoms with Crippen LogP contribution < -0.4 is 4.74 Å². The third-order valence-corrected chi connectivity index (χ3v) is 6.66. The highest BCUT2D eigenvalue weighted by Gasteiger charge is 2.28. The number of rotatable bonds is 9. The Labute approximate surface area is 176 Å². The molecule has 0 amide bonds. The molecule has 4 heteroatoms. The zero-order chi connectivity index (χ0) is 20.5. The normalized spacial score (nSPS) is 27.5. The van der Waals surface area contributed by atoms with Gasteiger partial charge in [-0.25, -0.2) is 0 Å². The van der Waals surface area contributed by atoms with Crippen LogP contribution in [0.5, 0.6) is 5.75 Å². The van der Waals surface area contributed by atoms with Crippen LogP contribution in [0.15, 0.2) is 24.3 Å². The highest BCUT2D eigenvalue weighted by molar-refractivity contribution is 5.75. The van der Waals surface area contributed by atoms with Gasteiger partial charge in [-0.15, -0.1) is 0 Å². The monoisotopic (exact) mass is 402 g/mol. The summed E-state index contributed by atoms with van der Waals surface area (Å²) in [6.45, 7) is 4.78. The minimum atomic E-state index is -0.104. The molecule has 0 unspecified atom stereocenters. The molecule has 0 heterocycles. The van der Waals surface area contributed by atoms with Crippen molar-refractivity contribution >= 4 is 5.97 Å². The van der Waals surface area contributed by atoms with Crippen molar-refractivity contribution in [2.45, 2.75) is 96.7 Å². The van der Waals surface area contributed by atoms with Crippen molar-refractivity contribution in [3.63, 3.8) is 0 Å². The van der Waals surface area contributed by atoms with Gasteiger partial charge in [0.25, 0.3) is 0 Å². The lowest BCUT2D eigenvalue weighted by molar-refractivity contribution is -0.147. The lowest BCUT2D eigenvalue weighted by atomic mass is 9.85. The van der Waals surface area contributed by atoms with Gasteiger partial charge >= 0.3 is 5.97 Å². The third kappa shape index (κ3) is 7.11. The molecule has 1 aromatic carbocycles. The quantitative estimate of drug-likeness (QED) is 0.286. The second-order valence-corrected chi connectivity index (χ2v) is 8.77. The Hall–Kier alpha value is -1.39. The molecular formula is C25H38O4. The van der Waals surface area contributed by atoms with Crippen LogP contribution in [0.4, 0.5) is 0 Å². The molecule has 29 heavy (non-hydrogen) atoms. The van der Waals surface area contributed by atoms with Crippen LogP contribution in [0.2, 0.25) is 0 Å². The van der Waals surface area contributed by atoms with Crippen LogP contribution in [0.25, 0.3) is 0 Å². The first-order valence-corrected chi connectivity index (χ1v) is 11.7. The predicted octanol–water partition coefficient (Wildman–Crippen LogP) is 6.06. The summed E-state index contributed by atoms with van der Waals surface area (Å²) < 4.78 is 17.5. The molecule has 4 nitrogen and oxygen atoms in total. The molecule has 1 aromatic rings. The maximum atomic E-state index is 12.4. The molecule has 3 rings (SSSR count). The maximum Gasteiger partial charge on any atom is 0.314 e. The first kappa shape index (κ1) is 22.3. The molecule has 2 saturated carbocycles. The van der Waals surface area contributed by atoms with Gasteiger partial charge in [-0.05, 0) is 81.4 Å². The molecule has 2 fully saturated rings. The van der Waals surface area contributed by atoms with E-state index >= 15 is 0 Å². The van der Waals surface area contributed by atoms with Crippen molar-refractivity contribution in [3.05, 3.63) is 29.8 Å². The number of esters is 1. The fraction of sp³-hybridized carbons (Fsp3) is 0.720. The molecule has 0 aliphatic heterocycles. The summed E-state index contributed by atoms with van der Waals surface area (Å²) in [6, 6.07) is 7.81. The number of ether oxygens (including phenoxy) is 3. The zero-order valence-electron chi connectivity index (χ0n) is 18.2. The van der Waals surface area contributed by atoms with E-state index in [4.69, 9.17) is 14.2 Å². The van der Waals surface area contributed by atoms with E-state index in [0.717, 1.165) is 38.0 Å². The van der Waals surface area contributed by atoms with Crippen molar-refractivity contribution in [2.75, 3.05) is 6.79 Å². The Balaban J connectivity index is 1.29. The Morgan fingerprint density at radius 2 is 1.45 bits per heavy atom. The van der Waals surface area contributed by atoms with Gasteiger partial charge in [0, 0.05) is 0 Å². The Kier molecular flexibility index (Phi) is 9.00. The highest BCUT2D eigenvalue weighted by atomic mass is 16.7. The van der Waals surface area contributed by atoms with Crippen LogP contribution >= 0.6 is 0 Å². The van der Waals surface area contributed by atoms with Crippen molar-refractivity contribution < 1.29 is 19.0 Å². The minimum Gasteiger partial charge on any atom is -0.426 e. The molecule has 2 aliphatic carbocycles. The average Bonchev–Trinajstić information content (AvgIpc) is 2.76. The van der Waals surface area contributed by atoms with Gasteiger partial charge in [0.2, 0.25) is 0 Å². The van der Waals surface area contributed by atoms with Crippen LogP contribution in [-0.4, -0.2) is 25.0 Å². The van der Waals surface area contributed by atoms with E-state index in [1.807, 2.05) is 24.3 Å². The van der Waals surface area contributed by atoms with Crippen molar-refractivity contribution in [1.82, 2.24) is 0 Å². The van der Waals surface area contributed by atoms with Crippen molar-refractivity contribution in [2.24, 2.45) is 11.8 Å². The Bertz CT molecular complexity index is 596. The fourth-order valence-electron chi connectivity index (χ4n) is 4.69. The van der Waals surface area contributed by atoms with E-state index in [0.29, 0.717) is 18.6 Å². The van der Waals surface area contributed by atoms with Gasteiger partial charge in [-0.1, -0.05) is 38.8 Å². The van der Waals surface area contributed by atoms with E-state index < -0.39 is 0 Å². The molecule has 0 bridgehead atoms. The Morgan fingerprint density at radius 1 is 0.862 bits per heavy atom. The molecule has 0 saturated heterocycles. The molecule has 0 spiro atoms. The number of carbonyl (C=O) groups excluding carboxylic acids is 1. The molecule has 0 atom stereocenters. The molecule has 0 aromatic heterocycles. The smallest absolute Gasteiger partial charge is 0.314 e. The van der Waals surface area contributed by atoms with Gasteiger partial charge in [0.15, 0.2) is 0 Å². The van der Waals surface area contributed by atoms with E-state index in [1.54, 1.807) is 0 Å². The minimum absolute atomic E-state index is 0.0181. The summed E-state index contributed by atoms with van der Waals surface area (Å²) in [5.74, 6) is 1.43. The number of aryl methyl sites for hydroxylation is 1. The van der Waals surface area contributed by atoms with Crippen LogP contribution in [0.3, 0.4) is 0 Å². The third-order valence-electron chi connectivity index (χ3n) is 6.66. The standard InChI is InChI=1S/C25H38O4/c1-3-5-20-8-12-22(13-9-20)27-18-28-23-16-10-21(11-17-23)25(26)29-24-14-6-19(4-2)7-15-24/h6-7,14-15,20-23H,3-5,8-13,16-18H2,1-2H3. The number of hydrogen-bond acceptors (Lipinski definition) is 4. The molecular weight excluding hydrogens is 364 g/mol. The van der Waals surface area contributed by atoms with E-state index in [2.05, 4.69) is 13.8 Å². The summed E-state index contributed by atoms with van der Waals surface area (Å²) >= 11 is 0. The van der Waals surface area contributed by atoms with E-state index in [1.165, 1.54) is 44.1 Å². The fourth-order valence-corrected chi connectivity index (χ4v) is 4.69. The second kappa shape index (κ2) is 11.7. The predicted molar refractivity (Wildman–Crippen MR) is 115 cm³/mol. The van der Waals surface area contributed by atoms with E-state index in [9.17, 15) is 4.79 Å². The second-order valence-electron chi connectivity index (χ2n) is 8.77. The van der Waals surface area contributed by atoms with Gasteiger partial charge in [0.05, 0.1) is 18.1 Å². The van der Waals surface area contributed by atoms with Gasteiger partial charge in [-0.3, -0.25) is 4.79 Å². The first-order valence-electron chi connectivity index (χ1n) is 11.7. The molecule has 2 aliphatic rings. The lowest BCUT2D eigenvalue weighted by Gasteiger charge is -2.30. The Morgan fingerprint density at radius 3 is 2.00 bits per heavy atom. The van der Waals surface area contributed by atoms with Crippen LogP contribution in [0.1, 0.15) is 83.6 Å². The topological polar surface area (TPSA) is 44.8 Å². The highest BCUT2D eigenvalue weighted by Crippen LogP contribution is 2.30. The largest absolute Gasteiger partial charge is 0.426 e. The lowest BCUT2D eigenvalue weighted by Crippen LogP contribution is -2.30. The number of carbonyl (C=O) groups is 1. The molecule has 0 N–H and O–H groups in total. The maximum absolute atomic E-state index is 12.4. The zero-order valence-corrected chi connectivity index (χ0v) is 18.2. The summed E-state index contributed by atoms with van der Waals surface area (Å²) in [4.78, 5) is 12.4. The van der Waals surface area contributed by atoms with E-state index in [-0.39, 0.29) is 18.0 Å². The summed E-state index contributed by atoms with van der Waals surface area (Å²) in [5.41, 5.74) is 1.25. The van der Waals surface area contributed by atoms with Crippen molar-refractivity contribution in [3.8, 4) is 5.75 Å². The van der Waals surface area contributed by atoms with Gasteiger partial charge < -0.3 is 14.2 Å². The molecule has 162 valence electrons. The number of benzene rings is 1. The SMILES string of the molecule is CCCC1CCC(OCOC2CCC(C(=O)Oc3ccc(CC)cc3)CC2)CC1. The van der Waals surface area contributed by atoms with Crippen LogP contribution in [-0.2, 0) is 20.7 Å². The van der Waals surface area contributed by atoms with Gasteiger partial charge in [0.1, 0.15) is 12.5 Å². The van der Waals surface area contributed by atoms with Gasteiger partial charge in [-0.2, -0.15) is 0 Å². The van der Waals surface area contributed by atoms with Crippen molar-refractivity contribution in [1.29, 1.82) is 0 Å². The first-order chi connectivity index (χ1) is 14.2. The van der Waals surface area contributed by atoms with Crippen LogP contribution in [0, 0.1) is 11.8 Å².